The maximum Gasteiger partial charge on any atom is 0.312 e. The second kappa shape index (κ2) is 9.92. The SMILES string of the molecule is Cc1ccccc1C(CC(=O)N1CCN(CC2CCCCC2)CC1)NC(N)=O. The molecule has 2 fully saturated rings. The van der Waals surface area contributed by atoms with E-state index in [9.17, 15) is 9.59 Å². The van der Waals surface area contributed by atoms with E-state index in [-0.39, 0.29) is 18.4 Å². The third-order valence-corrected chi connectivity index (χ3v) is 6.23. The highest BCUT2D eigenvalue weighted by Crippen LogP contribution is 2.25. The van der Waals surface area contributed by atoms with Crippen LogP contribution in [0.3, 0.4) is 0 Å². The minimum atomic E-state index is -0.599. The Morgan fingerprint density at radius 1 is 1.11 bits per heavy atom. The average Bonchev–Trinajstić information content (AvgIpc) is 2.69. The van der Waals surface area contributed by atoms with Gasteiger partial charge in [-0.3, -0.25) is 9.69 Å². The Kier molecular flexibility index (Phi) is 7.31. The molecule has 0 radical (unpaired) electrons. The maximum atomic E-state index is 12.9. The van der Waals surface area contributed by atoms with Crippen LogP contribution in [0.15, 0.2) is 24.3 Å². The number of nitrogens with one attached hydrogen (secondary N) is 1. The topological polar surface area (TPSA) is 78.7 Å². The molecule has 1 unspecified atom stereocenters. The molecule has 1 aromatic carbocycles. The quantitative estimate of drug-likeness (QED) is 0.789. The van der Waals surface area contributed by atoms with Gasteiger partial charge in [0.1, 0.15) is 0 Å². The number of hydrogen-bond donors (Lipinski definition) is 2. The van der Waals surface area contributed by atoms with Gasteiger partial charge in [-0.05, 0) is 36.8 Å². The number of carbonyl (C=O) groups is 2. The van der Waals surface area contributed by atoms with Gasteiger partial charge >= 0.3 is 6.03 Å². The normalized spacial score (nSPS) is 20.0. The van der Waals surface area contributed by atoms with Crippen molar-refractivity contribution in [2.24, 2.45) is 11.7 Å². The Bertz CT molecular complexity index is 664. The second-order valence-corrected chi connectivity index (χ2v) is 8.31. The molecule has 0 spiro atoms. The summed E-state index contributed by atoms with van der Waals surface area (Å²) in [6, 6.07) is 6.83. The molecule has 1 aliphatic carbocycles. The predicted octanol–water partition coefficient (Wildman–Crippen LogP) is 2.82. The minimum Gasteiger partial charge on any atom is -0.352 e. The third kappa shape index (κ3) is 5.71. The third-order valence-electron chi connectivity index (χ3n) is 6.23. The summed E-state index contributed by atoms with van der Waals surface area (Å²) in [5.41, 5.74) is 7.36. The molecule has 1 saturated heterocycles. The predicted molar refractivity (Wildman–Crippen MR) is 111 cm³/mol. The summed E-state index contributed by atoms with van der Waals surface area (Å²) in [6.45, 7) is 6.59. The minimum absolute atomic E-state index is 0.0827. The summed E-state index contributed by atoms with van der Waals surface area (Å²) >= 11 is 0. The number of nitrogens with zero attached hydrogens (tertiary/aromatic N) is 2. The molecule has 0 bridgehead atoms. The summed E-state index contributed by atoms with van der Waals surface area (Å²) in [7, 11) is 0. The number of amides is 3. The number of carbonyl (C=O) groups excluding carboxylic acids is 2. The molecular formula is C22H34N4O2. The van der Waals surface area contributed by atoms with Crippen molar-refractivity contribution < 1.29 is 9.59 Å². The van der Waals surface area contributed by atoms with Crippen LogP contribution in [0.25, 0.3) is 0 Å². The summed E-state index contributed by atoms with van der Waals surface area (Å²) in [5.74, 6) is 0.917. The number of benzene rings is 1. The van der Waals surface area contributed by atoms with Crippen molar-refractivity contribution in [1.82, 2.24) is 15.1 Å². The fourth-order valence-electron chi connectivity index (χ4n) is 4.61. The van der Waals surface area contributed by atoms with Crippen molar-refractivity contribution in [3.05, 3.63) is 35.4 Å². The van der Waals surface area contributed by atoms with E-state index in [2.05, 4.69) is 10.2 Å². The lowest BCUT2D eigenvalue weighted by Gasteiger charge is -2.37. The Hall–Kier alpha value is -2.08. The number of aryl methyl sites for hydroxylation is 1. The number of primary amides is 1. The van der Waals surface area contributed by atoms with Crippen LogP contribution < -0.4 is 11.1 Å². The first-order chi connectivity index (χ1) is 13.5. The van der Waals surface area contributed by atoms with Crippen LogP contribution in [0.4, 0.5) is 4.79 Å². The summed E-state index contributed by atoms with van der Waals surface area (Å²) in [6.07, 6.45) is 7.09. The lowest BCUT2D eigenvalue weighted by atomic mass is 9.89. The van der Waals surface area contributed by atoms with Crippen molar-refractivity contribution in [3.8, 4) is 0 Å². The van der Waals surface area contributed by atoms with Crippen molar-refractivity contribution in [3.63, 3.8) is 0 Å². The zero-order chi connectivity index (χ0) is 19.9. The van der Waals surface area contributed by atoms with E-state index in [4.69, 9.17) is 5.73 Å². The van der Waals surface area contributed by atoms with E-state index >= 15 is 0 Å². The van der Waals surface area contributed by atoms with Gasteiger partial charge in [0, 0.05) is 32.7 Å². The molecule has 3 rings (SSSR count). The lowest BCUT2D eigenvalue weighted by Crippen LogP contribution is -2.50. The standard InChI is InChI=1S/C22H34N4O2/c1-17-7-5-6-10-19(17)20(24-22(23)28)15-21(27)26-13-11-25(12-14-26)16-18-8-3-2-4-9-18/h5-7,10,18,20H,2-4,8-9,11-16H2,1H3,(H3,23,24,28). The molecule has 3 N–H and O–H groups in total. The molecule has 2 aliphatic rings. The van der Waals surface area contributed by atoms with E-state index in [1.54, 1.807) is 0 Å². The van der Waals surface area contributed by atoms with Crippen molar-refractivity contribution in [2.45, 2.75) is 51.5 Å². The largest absolute Gasteiger partial charge is 0.352 e. The van der Waals surface area contributed by atoms with E-state index in [0.717, 1.165) is 43.2 Å². The lowest BCUT2D eigenvalue weighted by molar-refractivity contribution is -0.133. The van der Waals surface area contributed by atoms with Gasteiger partial charge in [0.2, 0.25) is 5.91 Å². The first-order valence-electron chi connectivity index (χ1n) is 10.6. The van der Waals surface area contributed by atoms with Gasteiger partial charge in [0.15, 0.2) is 0 Å². The number of nitrogens with two attached hydrogens (primary N) is 1. The molecule has 1 atom stereocenters. The molecule has 0 aromatic heterocycles. The Morgan fingerprint density at radius 2 is 1.79 bits per heavy atom. The molecule has 1 aliphatic heterocycles. The molecule has 6 nitrogen and oxygen atoms in total. The van der Waals surface area contributed by atoms with Gasteiger partial charge in [0.05, 0.1) is 12.5 Å². The average molecular weight is 387 g/mol. The highest BCUT2D eigenvalue weighted by atomic mass is 16.2. The zero-order valence-electron chi connectivity index (χ0n) is 17.0. The number of urea groups is 1. The van der Waals surface area contributed by atoms with E-state index < -0.39 is 6.03 Å². The fourth-order valence-corrected chi connectivity index (χ4v) is 4.61. The van der Waals surface area contributed by atoms with Crippen molar-refractivity contribution in [1.29, 1.82) is 0 Å². The van der Waals surface area contributed by atoms with Crippen molar-refractivity contribution >= 4 is 11.9 Å². The van der Waals surface area contributed by atoms with Crippen LogP contribution in [0.5, 0.6) is 0 Å². The van der Waals surface area contributed by atoms with Gasteiger partial charge in [-0.25, -0.2) is 4.79 Å². The summed E-state index contributed by atoms with van der Waals surface area (Å²) in [4.78, 5) is 28.8. The Morgan fingerprint density at radius 3 is 2.43 bits per heavy atom. The first-order valence-corrected chi connectivity index (χ1v) is 10.6. The van der Waals surface area contributed by atoms with Gasteiger partial charge in [-0.1, -0.05) is 43.5 Å². The zero-order valence-corrected chi connectivity index (χ0v) is 17.0. The Labute approximate surface area is 168 Å². The van der Waals surface area contributed by atoms with Gasteiger partial charge in [-0.15, -0.1) is 0 Å². The van der Waals surface area contributed by atoms with Crippen LogP contribution in [-0.2, 0) is 4.79 Å². The molecular weight excluding hydrogens is 352 g/mol. The number of hydrogen-bond acceptors (Lipinski definition) is 3. The smallest absolute Gasteiger partial charge is 0.312 e. The molecule has 1 heterocycles. The maximum absolute atomic E-state index is 12.9. The van der Waals surface area contributed by atoms with Crippen LogP contribution in [0.2, 0.25) is 0 Å². The molecule has 1 saturated carbocycles. The molecule has 6 heteroatoms. The Balaban J connectivity index is 1.53. The first kappa shape index (κ1) is 20.6. The number of rotatable bonds is 6. The summed E-state index contributed by atoms with van der Waals surface area (Å²) < 4.78 is 0. The van der Waals surface area contributed by atoms with Crippen LogP contribution in [0.1, 0.15) is 55.7 Å². The van der Waals surface area contributed by atoms with Crippen LogP contribution in [0, 0.1) is 12.8 Å². The van der Waals surface area contributed by atoms with E-state index in [0.29, 0.717) is 0 Å². The van der Waals surface area contributed by atoms with Crippen LogP contribution >= 0.6 is 0 Å². The van der Waals surface area contributed by atoms with E-state index in [1.165, 1.54) is 38.6 Å². The second-order valence-electron chi connectivity index (χ2n) is 8.31. The molecule has 3 amide bonds. The number of piperazine rings is 1. The van der Waals surface area contributed by atoms with Gasteiger partial charge in [-0.2, -0.15) is 0 Å². The highest BCUT2D eigenvalue weighted by Gasteiger charge is 2.26. The van der Waals surface area contributed by atoms with Gasteiger partial charge in [0.25, 0.3) is 0 Å². The van der Waals surface area contributed by atoms with Gasteiger partial charge < -0.3 is 16.0 Å². The molecule has 154 valence electrons. The monoisotopic (exact) mass is 386 g/mol. The highest BCUT2D eigenvalue weighted by molar-refractivity contribution is 5.79. The molecule has 1 aromatic rings. The fraction of sp³-hybridized carbons (Fsp3) is 0.636. The van der Waals surface area contributed by atoms with E-state index in [1.807, 2.05) is 36.1 Å². The van der Waals surface area contributed by atoms with Crippen molar-refractivity contribution in [2.75, 3.05) is 32.7 Å². The molecule has 28 heavy (non-hydrogen) atoms. The van der Waals surface area contributed by atoms with Crippen LogP contribution in [-0.4, -0.2) is 54.5 Å². The summed E-state index contributed by atoms with van der Waals surface area (Å²) in [5, 5.41) is 2.75.